The molecule has 0 aliphatic rings. The van der Waals surface area contributed by atoms with Gasteiger partial charge in [-0.05, 0) is 19.2 Å². The number of aliphatic hydroxyl groups is 1. The van der Waals surface area contributed by atoms with Gasteiger partial charge >= 0.3 is 0 Å². The zero-order chi connectivity index (χ0) is 10.7. The number of likely N-dealkylation sites (N-methyl/N-ethyl adjacent to an activating group) is 1. The van der Waals surface area contributed by atoms with Gasteiger partial charge in [-0.1, -0.05) is 6.07 Å². The summed E-state index contributed by atoms with van der Waals surface area (Å²) in [4.78, 5) is 6.52. The Morgan fingerprint density at radius 2 is 2.33 bits per heavy atom. The summed E-state index contributed by atoms with van der Waals surface area (Å²) in [6.45, 7) is 1.62. The molecule has 15 heavy (non-hydrogen) atoms. The van der Waals surface area contributed by atoms with Crippen molar-refractivity contribution in [1.29, 1.82) is 0 Å². The van der Waals surface area contributed by atoms with Crippen molar-refractivity contribution >= 4 is 5.65 Å². The maximum atomic E-state index is 8.79. The van der Waals surface area contributed by atoms with Gasteiger partial charge in [-0.2, -0.15) is 0 Å². The first kappa shape index (κ1) is 10.1. The first-order valence-corrected chi connectivity index (χ1v) is 5.01. The Morgan fingerprint density at radius 3 is 3.07 bits per heavy atom. The average molecular weight is 205 g/mol. The molecule has 0 saturated carbocycles. The van der Waals surface area contributed by atoms with Crippen molar-refractivity contribution in [1.82, 2.24) is 14.3 Å². The third kappa shape index (κ3) is 2.34. The molecule has 80 valence electrons. The number of pyridine rings is 1. The first-order valence-electron chi connectivity index (χ1n) is 5.01. The van der Waals surface area contributed by atoms with Gasteiger partial charge in [0, 0.05) is 25.5 Å². The van der Waals surface area contributed by atoms with Gasteiger partial charge in [0.05, 0.1) is 12.3 Å². The van der Waals surface area contributed by atoms with Gasteiger partial charge in [-0.15, -0.1) is 0 Å². The fourth-order valence-electron chi connectivity index (χ4n) is 1.59. The summed E-state index contributed by atoms with van der Waals surface area (Å²) in [7, 11) is 1.97. The molecule has 0 aliphatic heterocycles. The first-order chi connectivity index (χ1) is 7.29. The van der Waals surface area contributed by atoms with Crippen molar-refractivity contribution in [3.8, 4) is 0 Å². The normalized spacial score (nSPS) is 11.4. The Hall–Kier alpha value is -1.39. The molecule has 0 atom stereocenters. The summed E-state index contributed by atoms with van der Waals surface area (Å²) in [6.07, 6.45) is 4.00. The van der Waals surface area contributed by atoms with Crippen LogP contribution in [0.25, 0.3) is 5.65 Å². The summed E-state index contributed by atoms with van der Waals surface area (Å²) in [5.74, 6) is 0. The largest absolute Gasteiger partial charge is 0.395 e. The van der Waals surface area contributed by atoms with Crippen molar-refractivity contribution < 1.29 is 5.11 Å². The fraction of sp³-hybridized carbons (Fsp3) is 0.364. The van der Waals surface area contributed by atoms with Gasteiger partial charge in [-0.3, -0.25) is 4.90 Å². The number of aliphatic hydroxyl groups excluding tert-OH is 1. The second kappa shape index (κ2) is 4.42. The second-order valence-electron chi connectivity index (χ2n) is 3.66. The van der Waals surface area contributed by atoms with E-state index in [0.29, 0.717) is 6.54 Å². The van der Waals surface area contributed by atoms with Crippen LogP contribution in [0.15, 0.2) is 30.6 Å². The minimum absolute atomic E-state index is 0.184. The van der Waals surface area contributed by atoms with Crippen LogP contribution in [0.5, 0.6) is 0 Å². The van der Waals surface area contributed by atoms with E-state index in [-0.39, 0.29) is 6.61 Å². The predicted molar refractivity (Wildman–Crippen MR) is 58.6 cm³/mol. The van der Waals surface area contributed by atoms with Crippen LogP contribution in [-0.2, 0) is 6.54 Å². The molecule has 2 heterocycles. The third-order valence-electron chi connectivity index (χ3n) is 2.33. The number of rotatable bonds is 4. The summed E-state index contributed by atoms with van der Waals surface area (Å²) in [5, 5.41) is 8.79. The Bertz CT molecular complexity index is 405. The molecule has 0 spiro atoms. The molecular weight excluding hydrogens is 190 g/mol. The van der Waals surface area contributed by atoms with E-state index in [1.165, 1.54) is 0 Å². The second-order valence-corrected chi connectivity index (χ2v) is 3.66. The minimum atomic E-state index is 0.184. The van der Waals surface area contributed by atoms with Crippen LogP contribution in [0.2, 0.25) is 0 Å². The molecule has 0 bridgehead atoms. The molecule has 4 nitrogen and oxygen atoms in total. The van der Waals surface area contributed by atoms with Crippen LogP contribution < -0.4 is 0 Å². The van der Waals surface area contributed by atoms with Crippen molar-refractivity contribution in [3.63, 3.8) is 0 Å². The molecule has 2 rings (SSSR count). The van der Waals surface area contributed by atoms with Crippen LogP contribution in [0.4, 0.5) is 0 Å². The van der Waals surface area contributed by atoms with Crippen LogP contribution >= 0.6 is 0 Å². The Labute approximate surface area is 88.8 Å². The van der Waals surface area contributed by atoms with E-state index in [9.17, 15) is 0 Å². The van der Waals surface area contributed by atoms with Gasteiger partial charge in [0.25, 0.3) is 0 Å². The zero-order valence-electron chi connectivity index (χ0n) is 8.80. The maximum Gasteiger partial charge on any atom is 0.137 e. The number of aromatic nitrogens is 2. The van der Waals surface area contributed by atoms with Crippen molar-refractivity contribution in [2.45, 2.75) is 6.54 Å². The SMILES string of the molecule is CN(CCO)Cc1cn2ccccc2n1. The maximum absolute atomic E-state index is 8.79. The lowest BCUT2D eigenvalue weighted by molar-refractivity contribution is 0.216. The van der Waals surface area contributed by atoms with Crippen molar-refractivity contribution in [2.75, 3.05) is 20.2 Å². The van der Waals surface area contributed by atoms with Gasteiger partial charge in [0.2, 0.25) is 0 Å². The lowest BCUT2D eigenvalue weighted by Crippen LogP contribution is -2.21. The molecular formula is C11H15N3O. The number of hydrogen-bond acceptors (Lipinski definition) is 3. The lowest BCUT2D eigenvalue weighted by atomic mass is 10.4. The van der Waals surface area contributed by atoms with Crippen LogP contribution in [0.1, 0.15) is 5.69 Å². The van der Waals surface area contributed by atoms with Crippen LogP contribution in [0, 0.1) is 0 Å². The number of hydrogen-bond donors (Lipinski definition) is 1. The van der Waals surface area contributed by atoms with E-state index in [0.717, 1.165) is 17.9 Å². The molecule has 0 amide bonds. The topological polar surface area (TPSA) is 40.8 Å². The summed E-state index contributed by atoms with van der Waals surface area (Å²) in [6, 6.07) is 5.94. The highest BCUT2D eigenvalue weighted by atomic mass is 16.3. The number of nitrogens with zero attached hydrogens (tertiary/aromatic N) is 3. The van der Waals surface area contributed by atoms with E-state index in [1.807, 2.05) is 46.9 Å². The molecule has 2 aromatic heterocycles. The Balaban J connectivity index is 2.15. The molecule has 0 radical (unpaired) electrons. The summed E-state index contributed by atoms with van der Waals surface area (Å²) in [5.41, 5.74) is 1.99. The van der Waals surface area contributed by atoms with Crippen molar-refractivity contribution in [3.05, 3.63) is 36.3 Å². The van der Waals surface area contributed by atoms with Gasteiger partial charge in [0.15, 0.2) is 0 Å². The smallest absolute Gasteiger partial charge is 0.137 e. The van der Waals surface area contributed by atoms with E-state index >= 15 is 0 Å². The highest BCUT2D eigenvalue weighted by molar-refractivity contribution is 5.39. The molecule has 1 N–H and O–H groups in total. The number of imidazole rings is 1. The molecule has 0 aromatic carbocycles. The average Bonchev–Trinajstić information content (AvgIpc) is 2.59. The summed E-state index contributed by atoms with van der Waals surface area (Å²) >= 11 is 0. The van der Waals surface area contributed by atoms with E-state index < -0.39 is 0 Å². The number of fused-ring (bicyclic) bond motifs is 1. The minimum Gasteiger partial charge on any atom is -0.395 e. The van der Waals surface area contributed by atoms with E-state index in [4.69, 9.17) is 5.11 Å². The van der Waals surface area contributed by atoms with Crippen LogP contribution in [-0.4, -0.2) is 39.6 Å². The van der Waals surface area contributed by atoms with Gasteiger partial charge in [0.1, 0.15) is 5.65 Å². The predicted octanol–water partition coefficient (Wildman–Crippen LogP) is 0.758. The highest BCUT2D eigenvalue weighted by Crippen LogP contribution is 2.06. The van der Waals surface area contributed by atoms with Crippen molar-refractivity contribution in [2.24, 2.45) is 0 Å². The van der Waals surface area contributed by atoms with Gasteiger partial charge < -0.3 is 9.51 Å². The van der Waals surface area contributed by atoms with E-state index in [2.05, 4.69) is 4.98 Å². The van der Waals surface area contributed by atoms with Crippen LogP contribution in [0.3, 0.4) is 0 Å². The standard InChI is InChI=1S/C11H15N3O/c1-13(6-7-15)8-10-9-14-5-3-2-4-11(14)12-10/h2-5,9,15H,6-8H2,1H3. The fourth-order valence-corrected chi connectivity index (χ4v) is 1.59. The lowest BCUT2D eigenvalue weighted by Gasteiger charge is -2.12. The molecule has 0 unspecified atom stereocenters. The molecule has 0 saturated heterocycles. The molecule has 0 fully saturated rings. The Morgan fingerprint density at radius 1 is 1.47 bits per heavy atom. The quantitative estimate of drug-likeness (QED) is 0.801. The third-order valence-corrected chi connectivity index (χ3v) is 2.33. The van der Waals surface area contributed by atoms with E-state index in [1.54, 1.807) is 0 Å². The highest BCUT2D eigenvalue weighted by Gasteiger charge is 2.03. The molecule has 2 aromatic rings. The monoisotopic (exact) mass is 205 g/mol. The zero-order valence-corrected chi connectivity index (χ0v) is 8.80. The Kier molecular flexibility index (Phi) is 2.99. The van der Waals surface area contributed by atoms with Gasteiger partial charge in [-0.25, -0.2) is 4.98 Å². The summed E-state index contributed by atoms with van der Waals surface area (Å²) < 4.78 is 2.00. The molecule has 4 heteroatoms. The molecule has 0 aliphatic carbocycles.